The maximum atomic E-state index is 13.1. The minimum absolute atomic E-state index is 0.0990. The van der Waals surface area contributed by atoms with Gasteiger partial charge in [0.15, 0.2) is 11.2 Å². The zero-order valence-corrected chi connectivity index (χ0v) is 16.0. The van der Waals surface area contributed by atoms with Crippen LogP contribution in [0.5, 0.6) is 0 Å². The van der Waals surface area contributed by atoms with E-state index in [1.807, 2.05) is 43.3 Å². The summed E-state index contributed by atoms with van der Waals surface area (Å²) in [6.07, 6.45) is 0. The topological polar surface area (TPSA) is 86.6 Å². The van der Waals surface area contributed by atoms with Crippen LogP contribution in [0.3, 0.4) is 0 Å². The number of amides is 1. The van der Waals surface area contributed by atoms with Crippen LogP contribution in [0.4, 0.5) is 5.69 Å². The molecule has 1 aliphatic rings. The molecule has 0 spiro atoms. The third kappa shape index (κ3) is 2.93. The maximum Gasteiger partial charge on any atom is 0.277 e. The van der Waals surface area contributed by atoms with Gasteiger partial charge in [0.1, 0.15) is 0 Å². The van der Waals surface area contributed by atoms with E-state index in [4.69, 9.17) is 0 Å². The van der Waals surface area contributed by atoms with Gasteiger partial charge in [0.2, 0.25) is 0 Å². The number of anilines is 1. The molecular weight excluding hydrogens is 368 g/mol. The summed E-state index contributed by atoms with van der Waals surface area (Å²) in [5.74, 6) is -0.260. The number of nitrogens with one attached hydrogen (secondary N) is 1. The van der Waals surface area contributed by atoms with Crippen molar-refractivity contribution in [3.8, 4) is 0 Å². The number of fused-ring (bicyclic) bond motifs is 3. The molecule has 0 radical (unpaired) electrons. The van der Waals surface area contributed by atoms with E-state index in [9.17, 15) is 9.59 Å². The lowest BCUT2D eigenvalue weighted by Crippen LogP contribution is -2.49. The molecule has 1 fully saturated rings. The lowest BCUT2D eigenvalue weighted by molar-refractivity contribution is 0.0742. The SMILES string of the molecule is Cc1ccc2c(c1)[nH]c(=O)c1c(C(=O)N3CCN(c4ccccc4)CC3)nnn12. The van der Waals surface area contributed by atoms with Crippen molar-refractivity contribution in [2.45, 2.75) is 6.92 Å². The number of hydrogen-bond donors (Lipinski definition) is 1. The van der Waals surface area contributed by atoms with E-state index >= 15 is 0 Å². The first kappa shape index (κ1) is 17.4. The van der Waals surface area contributed by atoms with Crippen LogP contribution in [-0.2, 0) is 0 Å². The molecule has 146 valence electrons. The van der Waals surface area contributed by atoms with Crippen LogP contribution in [0.1, 0.15) is 16.1 Å². The first-order valence-corrected chi connectivity index (χ1v) is 9.59. The minimum Gasteiger partial charge on any atom is -0.368 e. The standard InChI is InChI=1S/C21H20N6O2/c1-14-7-8-17-16(13-14)22-20(28)19-18(23-24-27(17)19)21(29)26-11-9-25(10-12-26)15-5-3-2-4-6-15/h2-8,13H,9-12H2,1H3,(H,22,28). The Kier molecular flexibility index (Phi) is 4.04. The van der Waals surface area contributed by atoms with Crippen molar-refractivity contribution in [1.82, 2.24) is 24.7 Å². The highest BCUT2D eigenvalue weighted by atomic mass is 16.2. The molecular formula is C21H20N6O2. The van der Waals surface area contributed by atoms with Crippen LogP contribution in [0.15, 0.2) is 53.3 Å². The summed E-state index contributed by atoms with van der Waals surface area (Å²) >= 11 is 0. The van der Waals surface area contributed by atoms with E-state index in [-0.39, 0.29) is 22.7 Å². The second-order valence-corrected chi connectivity index (χ2v) is 7.29. The Balaban J connectivity index is 1.45. The molecule has 2 aromatic heterocycles. The fraction of sp³-hybridized carbons (Fsp3) is 0.238. The normalized spacial score (nSPS) is 14.7. The highest BCUT2D eigenvalue weighted by Crippen LogP contribution is 2.18. The summed E-state index contributed by atoms with van der Waals surface area (Å²) < 4.78 is 1.46. The van der Waals surface area contributed by atoms with Gasteiger partial charge in [-0.15, -0.1) is 5.10 Å². The number of aromatic amines is 1. The van der Waals surface area contributed by atoms with Crippen molar-refractivity contribution in [1.29, 1.82) is 0 Å². The number of carbonyl (C=O) groups excluding carboxylic acids is 1. The Labute approximate surface area is 166 Å². The number of nitrogens with zero attached hydrogens (tertiary/aromatic N) is 5. The van der Waals surface area contributed by atoms with Crippen LogP contribution >= 0.6 is 0 Å². The summed E-state index contributed by atoms with van der Waals surface area (Å²) in [5, 5.41) is 8.17. The van der Waals surface area contributed by atoms with E-state index in [1.54, 1.807) is 4.90 Å². The molecule has 3 heterocycles. The van der Waals surface area contributed by atoms with Gasteiger partial charge in [0, 0.05) is 31.9 Å². The van der Waals surface area contributed by atoms with Crippen LogP contribution < -0.4 is 10.5 Å². The van der Waals surface area contributed by atoms with Crippen LogP contribution in [-0.4, -0.2) is 56.8 Å². The van der Waals surface area contributed by atoms with Gasteiger partial charge in [-0.1, -0.05) is 29.5 Å². The highest BCUT2D eigenvalue weighted by Gasteiger charge is 2.27. The average Bonchev–Trinajstić information content (AvgIpc) is 3.20. The second-order valence-electron chi connectivity index (χ2n) is 7.29. The molecule has 1 N–H and O–H groups in total. The molecule has 0 bridgehead atoms. The predicted molar refractivity (Wildman–Crippen MR) is 110 cm³/mol. The maximum absolute atomic E-state index is 13.1. The number of aryl methyl sites for hydroxylation is 1. The monoisotopic (exact) mass is 388 g/mol. The molecule has 5 rings (SSSR count). The summed E-state index contributed by atoms with van der Waals surface area (Å²) in [5.41, 5.74) is 3.48. The van der Waals surface area contributed by atoms with Gasteiger partial charge in [-0.05, 0) is 36.8 Å². The molecule has 0 atom stereocenters. The summed E-state index contributed by atoms with van der Waals surface area (Å²) in [6, 6.07) is 15.8. The van der Waals surface area contributed by atoms with Crippen molar-refractivity contribution in [2.24, 2.45) is 0 Å². The highest BCUT2D eigenvalue weighted by molar-refractivity contribution is 5.99. The molecule has 0 aliphatic carbocycles. The average molecular weight is 388 g/mol. The van der Waals surface area contributed by atoms with Crippen LogP contribution in [0.2, 0.25) is 0 Å². The Hall–Kier alpha value is -3.68. The molecule has 1 saturated heterocycles. The Bertz CT molecular complexity index is 1270. The van der Waals surface area contributed by atoms with Gasteiger partial charge in [0.25, 0.3) is 11.5 Å². The molecule has 29 heavy (non-hydrogen) atoms. The third-order valence-electron chi connectivity index (χ3n) is 5.40. The number of rotatable bonds is 2. The van der Waals surface area contributed by atoms with Crippen LogP contribution in [0, 0.1) is 6.92 Å². The number of para-hydroxylation sites is 1. The van der Waals surface area contributed by atoms with Gasteiger partial charge in [-0.2, -0.15) is 0 Å². The zero-order valence-electron chi connectivity index (χ0n) is 16.0. The number of H-pyrrole nitrogens is 1. The van der Waals surface area contributed by atoms with E-state index in [1.165, 1.54) is 4.52 Å². The fourth-order valence-electron chi connectivity index (χ4n) is 3.87. The summed E-state index contributed by atoms with van der Waals surface area (Å²) in [6.45, 7) is 4.54. The predicted octanol–water partition coefficient (Wildman–Crippen LogP) is 1.84. The smallest absolute Gasteiger partial charge is 0.277 e. The lowest BCUT2D eigenvalue weighted by Gasteiger charge is -2.35. The van der Waals surface area contributed by atoms with Gasteiger partial charge < -0.3 is 14.8 Å². The second kappa shape index (κ2) is 6.73. The van der Waals surface area contributed by atoms with Gasteiger partial charge in [0.05, 0.1) is 11.0 Å². The lowest BCUT2D eigenvalue weighted by atomic mass is 10.2. The van der Waals surface area contributed by atoms with Crippen LogP contribution in [0.25, 0.3) is 16.6 Å². The molecule has 0 unspecified atom stereocenters. The van der Waals surface area contributed by atoms with Crippen molar-refractivity contribution in [3.05, 3.63) is 70.1 Å². The van der Waals surface area contributed by atoms with Crippen molar-refractivity contribution < 1.29 is 4.79 Å². The zero-order chi connectivity index (χ0) is 20.0. The quantitative estimate of drug-likeness (QED) is 0.566. The number of hydrogen-bond acceptors (Lipinski definition) is 5. The Morgan fingerprint density at radius 1 is 1.03 bits per heavy atom. The number of piperazine rings is 1. The number of aromatic nitrogens is 4. The molecule has 0 saturated carbocycles. The summed E-state index contributed by atoms with van der Waals surface area (Å²) in [7, 11) is 0. The minimum atomic E-state index is -0.362. The molecule has 4 aromatic rings. The first-order chi connectivity index (χ1) is 14.1. The van der Waals surface area contributed by atoms with Gasteiger partial charge >= 0.3 is 0 Å². The number of benzene rings is 2. The largest absolute Gasteiger partial charge is 0.368 e. The molecule has 8 nitrogen and oxygen atoms in total. The number of carbonyl (C=O) groups is 1. The molecule has 1 aliphatic heterocycles. The van der Waals surface area contributed by atoms with E-state index < -0.39 is 0 Å². The van der Waals surface area contributed by atoms with Crippen molar-refractivity contribution in [2.75, 3.05) is 31.1 Å². The molecule has 8 heteroatoms. The Morgan fingerprint density at radius 2 is 1.79 bits per heavy atom. The van der Waals surface area contributed by atoms with E-state index in [2.05, 4.69) is 32.3 Å². The molecule has 1 amide bonds. The summed E-state index contributed by atoms with van der Waals surface area (Å²) in [4.78, 5) is 32.6. The fourth-order valence-corrected chi connectivity index (χ4v) is 3.87. The van der Waals surface area contributed by atoms with E-state index in [0.29, 0.717) is 24.1 Å². The Morgan fingerprint density at radius 3 is 2.55 bits per heavy atom. The van der Waals surface area contributed by atoms with Crippen molar-refractivity contribution >= 4 is 28.1 Å². The van der Waals surface area contributed by atoms with E-state index in [0.717, 1.165) is 24.3 Å². The third-order valence-corrected chi connectivity index (χ3v) is 5.40. The van der Waals surface area contributed by atoms with Gasteiger partial charge in [-0.3, -0.25) is 9.59 Å². The molecule has 2 aromatic carbocycles. The van der Waals surface area contributed by atoms with Gasteiger partial charge in [-0.25, -0.2) is 4.52 Å². The first-order valence-electron chi connectivity index (χ1n) is 9.59. The van der Waals surface area contributed by atoms with Crippen molar-refractivity contribution in [3.63, 3.8) is 0 Å².